The van der Waals surface area contributed by atoms with Crippen LogP contribution in [0.5, 0.6) is 0 Å². The Kier molecular flexibility index (Phi) is 15.4. The third-order valence-electron chi connectivity index (χ3n) is 6.56. The van der Waals surface area contributed by atoms with Gasteiger partial charge < -0.3 is 25.4 Å². The van der Waals surface area contributed by atoms with Gasteiger partial charge in [0.2, 0.25) is 0 Å². The molecule has 0 aliphatic heterocycles. The van der Waals surface area contributed by atoms with Gasteiger partial charge in [0.25, 0.3) is 11.8 Å². The van der Waals surface area contributed by atoms with Crippen LogP contribution in [-0.2, 0) is 11.2 Å². The van der Waals surface area contributed by atoms with Crippen LogP contribution in [0.4, 0.5) is 0 Å². The van der Waals surface area contributed by atoms with Crippen LogP contribution in [0.25, 0.3) is 0 Å². The highest BCUT2D eigenvalue weighted by Gasteiger charge is 2.23. The summed E-state index contributed by atoms with van der Waals surface area (Å²) < 4.78 is 5.66. The molecule has 0 aliphatic carbocycles. The zero-order valence-electron chi connectivity index (χ0n) is 24.3. The molecule has 0 heterocycles. The number of nitrogens with zero attached hydrogens (tertiary/aromatic N) is 1. The molecule has 2 aromatic rings. The zero-order chi connectivity index (χ0) is 28.5. The molecule has 0 aromatic heterocycles. The van der Waals surface area contributed by atoms with E-state index in [1.165, 1.54) is 0 Å². The monoisotopic (exact) mass is 539 g/mol. The van der Waals surface area contributed by atoms with Crippen molar-refractivity contribution in [3.63, 3.8) is 0 Å². The highest BCUT2D eigenvalue weighted by Crippen LogP contribution is 2.12. The highest BCUT2D eigenvalue weighted by molar-refractivity contribution is 5.99. The van der Waals surface area contributed by atoms with Crippen molar-refractivity contribution in [1.82, 2.24) is 15.5 Å². The molecular formula is C32H49N3O4. The molecule has 3 N–H and O–H groups in total. The molecule has 0 spiro atoms. The predicted octanol–water partition coefficient (Wildman–Crippen LogP) is 4.69. The molecule has 0 radical (unpaired) electrons. The maximum Gasteiger partial charge on any atom is 0.253 e. The molecule has 0 unspecified atom stereocenters. The fourth-order valence-corrected chi connectivity index (χ4v) is 4.35. The number of rotatable bonds is 19. The Balaban J connectivity index is 2.01. The average molecular weight is 540 g/mol. The summed E-state index contributed by atoms with van der Waals surface area (Å²) in [5.74, 6) is 0.266. The van der Waals surface area contributed by atoms with E-state index in [2.05, 4.69) is 38.3 Å². The first-order valence-electron chi connectivity index (χ1n) is 14.6. The lowest BCUT2D eigenvalue weighted by Crippen LogP contribution is -2.49. The van der Waals surface area contributed by atoms with Gasteiger partial charge in [-0.3, -0.25) is 9.59 Å². The normalized spacial score (nSPS) is 12.8. The van der Waals surface area contributed by atoms with E-state index in [-0.39, 0.29) is 11.8 Å². The fourth-order valence-electron chi connectivity index (χ4n) is 4.35. The first-order valence-corrected chi connectivity index (χ1v) is 14.6. The Morgan fingerprint density at radius 2 is 1.64 bits per heavy atom. The molecule has 39 heavy (non-hydrogen) atoms. The minimum Gasteiger partial charge on any atom is -0.390 e. The summed E-state index contributed by atoms with van der Waals surface area (Å²) >= 11 is 0. The number of benzene rings is 2. The van der Waals surface area contributed by atoms with Crippen LogP contribution in [0, 0.1) is 5.92 Å². The number of amides is 2. The topological polar surface area (TPSA) is 90.9 Å². The van der Waals surface area contributed by atoms with Crippen LogP contribution in [0.3, 0.4) is 0 Å². The van der Waals surface area contributed by atoms with Crippen LogP contribution in [-0.4, -0.2) is 73.4 Å². The van der Waals surface area contributed by atoms with E-state index in [1.54, 1.807) is 24.3 Å². The van der Waals surface area contributed by atoms with Crippen molar-refractivity contribution in [2.45, 2.75) is 71.9 Å². The van der Waals surface area contributed by atoms with Crippen LogP contribution in [0.2, 0.25) is 0 Å². The molecule has 0 aliphatic rings. The second-order valence-corrected chi connectivity index (χ2v) is 10.6. The Morgan fingerprint density at radius 3 is 2.31 bits per heavy atom. The van der Waals surface area contributed by atoms with E-state index in [4.69, 9.17) is 4.74 Å². The molecule has 0 saturated carbocycles. The van der Waals surface area contributed by atoms with Gasteiger partial charge >= 0.3 is 0 Å². The molecule has 216 valence electrons. The summed E-state index contributed by atoms with van der Waals surface area (Å²) in [6.07, 6.45) is 3.38. The molecule has 2 rings (SSSR count). The predicted molar refractivity (Wildman–Crippen MR) is 158 cm³/mol. The van der Waals surface area contributed by atoms with Crippen molar-refractivity contribution < 1.29 is 19.4 Å². The van der Waals surface area contributed by atoms with E-state index < -0.39 is 12.1 Å². The van der Waals surface area contributed by atoms with Crippen molar-refractivity contribution in [1.29, 1.82) is 0 Å². The van der Waals surface area contributed by atoms with Crippen molar-refractivity contribution in [3.05, 3.63) is 71.3 Å². The zero-order valence-corrected chi connectivity index (χ0v) is 24.3. The van der Waals surface area contributed by atoms with Gasteiger partial charge in [-0.1, -0.05) is 64.1 Å². The Labute approximate surface area is 235 Å². The lowest BCUT2D eigenvalue weighted by Gasteiger charge is -2.25. The quantitative estimate of drug-likeness (QED) is 0.225. The number of aliphatic hydroxyl groups is 1. The van der Waals surface area contributed by atoms with Gasteiger partial charge in [0.15, 0.2) is 0 Å². The number of hydrogen-bond acceptors (Lipinski definition) is 5. The molecule has 0 bridgehead atoms. The Hall–Kier alpha value is -2.74. The van der Waals surface area contributed by atoms with Crippen molar-refractivity contribution >= 4 is 11.8 Å². The Morgan fingerprint density at radius 1 is 0.949 bits per heavy atom. The minimum absolute atomic E-state index is 0.0633. The molecule has 2 amide bonds. The molecule has 2 atom stereocenters. The lowest BCUT2D eigenvalue weighted by molar-refractivity contribution is 0.0755. The second-order valence-electron chi connectivity index (χ2n) is 10.6. The van der Waals surface area contributed by atoms with Gasteiger partial charge in [-0.15, -0.1) is 0 Å². The van der Waals surface area contributed by atoms with Gasteiger partial charge in [-0.05, 0) is 68.3 Å². The summed E-state index contributed by atoms with van der Waals surface area (Å²) in [6, 6.07) is 16.2. The SMILES string of the molecule is CCCN(CCC)C(=O)c1cccc(C(=O)N[C@@H](Cc2ccccc2)[C@H](O)CNCCCOCCC(C)C)c1. The van der Waals surface area contributed by atoms with Gasteiger partial charge in [0.1, 0.15) is 0 Å². The molecule has 0 fully saturated rings. The van der Waals surface area contributed by atoms with Gasteiger partial charge in [0.05, 0.1) is 12.1 Å². The maximum atomic E-state index is 13.3. The van der Waals surface area contributed by atoms with E-state index in [1.807, 2.05) is 35.2 Å². The van der Waals surface area contributed by atoms with E-state index in [0.29, 0.717) is 49.7 Å². The van der Waals surface area contributed by atoms with Crippen LogP contribution in [0.15, 0.2) is 54.6 Å². The van der Waals surface area contributed by atoms with E-state index >= 15 is 0 Å². The summed E-state index contributed by atoms with van der Waals surface area (Å²) in [4.78, 5) is 28.2. The summed E-state index contributed by atoms with van der Waals surface area (Å²) in [5.41, 5.74) is 1.94. The number of carbonyl (C=O) groups excluding carboxylic acids is 2. The summed E-state index contributed by atoms with van der Waals surface area (Å²) in [5, 5.41) is 17.4. The first kappa shape index (κ1) is 32.5. The number of ether oxygens (including phenoxy) is 1. The summed E-state index contributed by atoms with van der Waals surface area (Å²) in [6.45, 7) is 12.4. The maximum absolute atomic E-state index is 13.3. The average Bonchev–Trinajstić information content (AvgIpc) is 2.94. The van der Waals surface area contributed by atoms with E-state index in [0.717, 1.165) is 44.4 Å². The number of nitrogens with one attached hydrogen (secondary N) is 2. The third-order valence-corrected chi connectivity index (χ3v) is 6.56. The van der Waals surface area contributed by atoms with Gasteiger partial charge in [-0.25, -0.2) is 0 Å². The second kappa shape index (κ2) is 18.5. The third kappa shape index (κ3) is 12.3. The molecular weight excluding hydrogens is 490 g/mol. The lowest BCUT2D eigenvalue weighted by atomic mass is 10.00. The van der Waals surface area contributed by atoms with Crippen molar-refractivity contribution in [2.75, 3.05) is 39.4 Å². The molecule has 0 saturated heterocycles. The van der Waals surface area contributed by atoms with E-state index in [9.17, 15) is 14.7 Å². The van der Waals surface area contributed by atoms with Crippen molar-refractivity contribution in [2.24, 2.45) is 5.92 Å². The van der Waals surface area contributed by atoms with Gasteiger partial charge in [0, 0.05) is 44.0 Å². The largest absolute Gasteiger partial charge is 0.390 e. The number of carbonyl (C=O) groups is 2. The number of aliphatic hydroxyl groups excluding tert-OH is 1. The highest BCUT2D eigenvalue weighted by atomic mass is 16.5. The van der Waals surface area contributed by atoms with Crippen LogP contribution < -0.4 is 10.6 Å². The first-order chi connectivity index (χ1) is 18.8. The molecule has 7 nitrogen and oxygen atoms in total. The Bertz CT molecular complexity index is 961. The minimum atomic E-state index is -0.787. The molecule has 7 heteroatoms. The standard InChI is InChI=1S/C32H49N3O4/c1-5-18-35(19-6-2)32(38)28-15-10-14-27(23-28)31(37)34-29(22-26-12-8-7-9-13-26)30(36)24-33-17-11-20-39-21-16-25(3)4/h7-10,12-15,23,25,29-30,33,36H,5-6,11,16-22,24H2,1-4H3,(H,34,37)/t29-,30+/m0/s1. The fraction of sp³-hybridized carbons (Fsp3) is 0.562. The van der Waals surface area contributed by atoms with Crippen LogP contribution in [0.1, 0.15) is 79.7 Å². The molecule has 2 aromatic carbocycles. The van der Waals surface area contributed by atoms with Crippen LogP contribution >= 0.6 is 0 Å². The summed E-state index contributed by atoms with van der Waals surface area (Å²) in [7, 11) is 0. The van der Waals surface area contributed by atoms with Gasteiger partial charge in [-0.2, -0.15) is 0 Å². The van der Waals surface area contributed by atoms with Crippen molar-refractivity contribution in [3.8, 4) is 0 Å². The smallest absolute Gasteiger partial charge is 0.253 e. The number of hydrogen-bond donors (Lipinski definition) is 3.